The normalized spacial score (nSPS) is 16.5. The van der Waals surface area contributed by atoms with Crippen LogP contribution in [-0.2, 0) is 25.7 Å². The number of imide groups is 1. The van der Waals surface area contributed by atoms with Gasteiger partial charge in [0.05, 0.1) is 22.5 Å². The van der Waals surface area contributed by atoms with E-state index in [0.717, 1.165) is 48.4 Å². The average molecular weight is 438 g/mol. The fourth-order valence-electron chi connectivity index (χ4n) is 5.51. The number of anilines is 4. The second kappa shape index (κ2) is 8.07. The molecular formula is C28H27N3O2. The lowest BCUT2D eigenvalue weighted by Gasteiger charge is -2.23. The van der Waals surface area contributed by atoms with Crippen molar-refractivity contribution in [1.29, 1.82) is 0 Å². The molecule has 2 aliphatic carbocycles. The molecule has 2 amide bonds. The Morgan fingerprint density at radius 3 is 1.52 bits per heavy atom. The van der Waals surface area contributed by atoms with E-state index in [1.807, 2.05) is 12.1 Å². The second-order valence-corrected chi connectivity index (χ2v) is 9.28. The van der Waals surface area contributed by atoms with Crippen molar-refractivity contribution in [2.24, 2.45) is 0 Å². The van der Waals surface area contributed by atoms with Crippen LogP contribution in [0, 0.1) is 0 Å². The van der Waals surface area contributed by atoms with Crippen molar-refractivity contribution in [2.75, 3.05) is 10.6 Å². The van der Waals surface area contributed by atoms with Crippen molar-refractivity contribution in [3.8, 4) is 0 Å². The molecular weight excluding hydrogens is 410 g/mol. The van der Waals surface area contributed by atoms with Gasteiger partial charge >= 0.3 is 0 Å². The molecule has 0 bridgehead atoms. The van der Waals surface area contributed by atoms with Gasteiger partial charge in [0, 0.05) is 11.4 Å². The van der Waals surface area contributed by atoms with Gasteiger partial charge in [-0.05, 0) is 97.9 Å². The summed E-state index contributed by atoms with van der Waals surface area (Å²) in [6.07, 6.45) is 9.14. The Kier molecular flexibility index (Phi) is 4.90. The van der Waals surface area contributed by atoms with Gasteiger partial charge in [-0.3, -0.25) is 14.9 Å². The van der Waals surface area contributed by atoms with E-state index in [9.17, 15) is 9.59 Å². The summed E-state index contributed by atoms with van der Waals surface area (Å²) < 4.78 is 0. The highest BCUT2D eigenvalue weighted by Crippen LogP contribution is 2.38. The minimum atomic E-state index is -0.336. The van der Waals surface area contributed by atoms with Crippen LogP contribution in [0.3, 0.4) is 0 Å². The van der Waals surface area contributed by atoms with E-state index in [4.69, 9.17) is 0 Å². The quantitative estimate of drug-likeness (QED) is 0.450. The maximum atomic E-state index is 12.4. The summed E-state index contributed by atoms with van der Waals surface area (Å²) in [4.78, 5) is 24.8. The van der Waals surface area contributed by atoms with Crippen LogP contribution in [0.4, 0.5) is 22.7 Å². The molecule has 5 heteroatoms. The Bertz CT molecular complexity index is 1200. The minimum Gasteiger partial charge on any atom is -0.354 e. The highest BCUT2D eigenvalue weighted by atomic mass is 16.2. The van der Waals surface area contributed by atoms with Crippen molar-refractivity contribution in [1.82, 2.24) is 5.32 Å². The first-order valence-electron chi connectivity index (χ1n) is 12.0. The zero-order valence-corrected chi connectivity index (χ0v) is 18.6. The maximum absolute atomic E-state index is 12.4. The number of hydrogen-bond acceptors (Lipinski definition) is 4. The number of amides is 2. The summed E-state index contributed by atoms with van der Waals surface area (Å²) in [6.45, 7) is 0. The van der Waals surface area contributed by atoms with E-state index >= 15 is 0 Å². The third kappa shape index (κ3) is 3.58. The molecule has 0 saturated carbocycles. The number of hydrogen-bond donors (Lipinski definition) is 3. The lowest BCUT2D eigenvalue weighted by Crippen LogP contribution is -2.19. The molecule has 0 fully saturated rings. The number of fused-ring (bicyclic) bond motifs is 3. The van der Waals surface area contributed by atoms with Gasteiger partial charge in [-0.25, -0.2) is 0 Å². The van der Waals surface area contributed by atoms with Crippen molar-refractivity contribution in [3.05, 3.63) is 81.9 Å². The van der Waals surface area contributed by atoms with Gasteiger partial charge in [0.25, 0.3) is 11.8 Å². The van der Waals surface area contributed by atoms with Crippen LogP contribution in [0.25, 0.3) is 0 Å². The molecule has 3 aromatic rings. The first-order valence-corrected chi connectivity index (χ1v) is 12.0. The first kappa shape index (κ1) is 20.0. The summed E-state index contributed by atoms with van der Waals surface area (Å²) in [6, 6.07) is 16.5. The molecule has 3 N–H and O–H groups in total. The Labute approximate surface area is 193 Å². The van der Waals surface area contributed by atoms with Crippen LogP contribution < -0.4 is 16.0 Å². The van der Waals surface area contributed by atoms with Crippen LogP contribution in [-0.4, -0.2) is 11.8 Å². The largest absolute Gasteiger partial charge is 0.354 e. The van der Waals surface area contributed by atoms with Crippen molar-refractivity contribution in [2.45, 2.75) is 51.4 Å². The molecule has 0 saturated heterocycles. The summed E-state index contributed by atoms with van der Waals surface area (Å²) >= 11 is 0. The van der Waals surface area contributed by atoms with Crippen LogP contribution in [0.15, 0.2) is 48.5 Å². The first-order chi connectivity index (χ1) is 16.2. The molecule has 0 radical (unpaired) electrons. The van der Waals surface area contributed by atoms with Crippen molar-refractivity contribution < 1.29 is 9.59 Å². The third-order valence-corrected chi connectivity index (χ3v) is 7.20. The van der Waals surface area contributed by atoms with Gasteiger partial charge in [0.15, 0.2) is 0 Å². The minimum absolute atomic E-state index is 0.336. The predicted molar refractivity (Wildman–Crippen MR) is 131 cm³/mol. The van der Waals surface area contributed by atoms with Crippen LogP contribution in [0.2, 0.25) is 0 Å². The van der Waals surface area contributed by atoms with Gasteiger partial charge in [-0.2, -0.15) is 0 Å². The van der Waals surface area contributed by atoms with Gasteiger partial charge in [0.1, 0.15) is 0 Å². The molecule has 3 aromatic carbocycles. The number of benzene rings is 3. The zero-order valence-electron chi connectivity index (χ0n) is 18.6. The molecule has 0 atom stereocenters. The molecule has 6 rings (SSSR count). The fourth-order valence-corrected chi connectivity index (χ4v) is 5.51. The Morgan fingerprint density at radius 2 is 1.03 bits per heavy atom. The number of carbonyl (C=O) groups excluding carboxylic acids is 2. The number of nitrogens with one attached hydrogen (secondary N) is 3. The predicted octanol–water partition coefficient (Wildman–Crippen LogP) is 5.82. The van der Waals surface area contributed by atoms with Crippen LogP contribution >= 0.6 is 0 Å². The Balaban J connectivity index is 1.44. The summed E-state index contributed by atoms with van der Waals surface area (Å²) in [7, 11) is 0. The highest BCUT2D eigenvalue weighted by Gasteiger charge is 2.29. The van der Waals surface area contributed by atoms with E-state index in [2.05, 4.69) is 52.3 Å². The van der Waals surface area contributed by atoms with Crippen LogP contribution in [0.1, 0.15) is 68.7 Å². The topological polar surface area (TPSA) is 70.2 Å². The Hall–Kier alpha value is -3.60. The van der Waals surface area contributed by atoms with Crippen molar-refractivity contribution >= 4 is 34.6 Å². The molecule has 1 aliphatic heterocycles. The summed E-state index contributed by atoms with van der Waals surface area (Å²) in [5.41, 5.74) is 10.1. The van der Waals surface area contributed by atoms with Gasteiger partial charge in [0.2, 0.25) is 0 Å². The highest BCUT2D eigenvalue weighted by molar-refractivity contribution is 6.22. The molecule has 0 spiro atoms. The zero-order chi connectivity index (χ0) is 22.4. The van der Waals surface area contributed by atoms with Gasteiger partial charge in [-0.15, -0.1) is 0 Å². The Morgan fingerprint density at radius 1 is 0.576 bits per heavy atom. The lowest BCUT2D eigenvalue weighted by atomic mass is 9.90. The van der Waals surface area contributed by atoms with Crippen molar-refractivity contribution in [3.63, 3.8) is 0 Å². The van der Waals surface area contributed by atoms with E-state index in [0.29, 0.717) is 11.1 Å². The van der Waals surface area contributed by atoms with E-state index < -0.39 is 0 Å². The second-order valence-electron chi connectivity index (χ2n) is 9.28. The lowest BCUT2D eigenvalue weighted by molar-refractivity contribution is 0.0879. The van der Waals surface area contributed by atoms with Gasteiger partial charge in [-0.1, -0.05) is 24.3 Å². The fraction of sp³-hybridized carbons (Fsp3) is 0.286. The summed E-state index contributed by atoms with van der Waals surface area (Å²) in [5.74, 6) is -0.673. The molecule has 166 valence electrons. The molecule has 5 nitrogen and oxygen atoms in total. The smallest absolute Gasteiger partial charge is 0.259 e. The van der Waals surface area contributed by atoms with E-state index in [1.165, 1.54) is 47.9 Å². The molecule has 0 aromatic heterocycles. The monoisotopic (exact) mass is 437 g/mol. The third-order valence-electron chi connectivity index (χ3n) is 7.20. The number of aryl methyl sites for hydroxylation is 2. The number of rotatable bonds is 4. The molecule has 3 aliphatic rings. The molecule has 1 heterocycles. The standard InChI is InChI=1S/C28H27N3O2/c32-27-21-15-25(29-23-13-5-9-17-7-1-3-11-19(17)23)26(16-22(21)28(33)31-27)30-24-14-6-10-18-8-2-4-12-20(18)24/h5-6,9-10,13-16,29-30H,1-4,7-8,11-12H2,(H,31,32,33). The van der Waals surface area contributed by atoms with Gasteiger partial charge < -0.3 is 10.6 Å². The maximum Gasteiger partial charge on any atom is 0.259 e. The molecule has 0 unspecified atom stereocenters. The average Bonchev–Trinajstić information content (AvgIpc) is 3.12. The van der Waals surface area contributed by atoms with Crippen LogP contribution in [0.5, 0.6) is 0 Å². The SMILES string of the molecule is O=C1NC(=O)c2cc(Nc3cccc4c3CCCC4)c(Nc3cccc4c3CCCC4)cc21. The molecule has 33 heavy (non-hydrogen) atoms. The van der Waals surface area contributed by atoms with E-state index in [1.54, 1.807) is 0 Å². The number of carbonyl (C=O) groups is 2. The summed E-state index contributed by atoms with van der Waals surface area (Å²) in [5, 5.41) is 9.66. The van der Waals surface area contributed by atoms with E-state index in [-0.39, 0.29) is 11.8 Å².